The van der Waals surface area contributed by atoms with Crippen molar-refractivity contribution in [2.75, 3.05) is 5.32 Å². The van der Waals surface area contributed by atoms with Gasteiger partial charge in [-0.15, -0.1) is 5.10 Å². The lowest BCUT2D eigenvalue weighted by molar-refractivity contribution is 0.0834. The number of hydrogen-bond donors (Lipinski definition) is 2. The Morgan fingerprint density at radius 2 is 2.25 bits per heavy atom. The predicted molar refractivity (Wildman–Crippen MR) is 60.6 cm³/mol. The first-order chi connectivity index (χ1) is 7.70. The summed E-state index contributed by atoms with van der Waals surface area (Å²) in [7, 11) is 0. The number of halogens is 1. The number of rotatable bonds is 2. The fourth-order valence-electron chi connectivity index (χ4n) is 1.81. The topological polar surface area (TPSA) is 62.5 Å². The molecule has 1 saturated carbocycles. The number of nitrogens with zero attached hydrogens (tertiary/aromatic N) is 3. The van der Waals surface area contributed by atoms with E-state index in [1.54, 1.807) is 16.8 Å². The summed E-state index contributed by atoms with van der Waals surface area (Å²) in [6, 6.07) is 3.88. The van der Waals surface area contributed by atoms with Crippen LogP contribution >= 0.6 is 11.6 Å². The van der Waals surface area contributed by atoms with E-state index in [1.165, 1.54) is 0 Å². The van der Waals surface area contributed by atoms with E-state index < -0.39 is 0 Å². The maximum Gasteiger partial charge on any atom is 0.243 e. The third kappa shape index (κ3) is 1.72. The molecule has 0 saturated heterocycles. The molecule has 84 valence electrons. The molecular formula is C10H11ClN4O. The maximum absolute atomic E-state index is 9.17. The molecule has 0 atom stereocenters. The van der Waals surface area contributed by atoms with Crippen LogP contribution in [0.25, 0.3) is 5.65 Å². The smallest absolute Gasteiger partial charge is 0.243 e. The van der Waals surface area contributed by atoms with E-state index in [0.29, 0.717) is 11.0 Å². The van der Waals surface area contributed by atoms with E-state index in [2.05, 4.69) is 15.4 Å². The van der Waals surface area contributed by atoms with E-state index in [1.807, 2.05) is 6.07 Å². The number of aromatic nitrogens is 3. The summed E-state index contributed by atoms with van der Waals surface area (Å²) in [5, 5.41) is 17.2. The molecule has 2 N–H and O–H groups in total. The average Bonchev–Trinajstić information content (AvgIpc) is 2.57. The molecule has 2 heterocycles. The summed E-state index contributed by atoms with van der Waals surface area (Å²) in [6.07, 6.45) is 3.06. The number of aliphatic hydroxyl groups excluding tert-OH is 1. The third-order valence-corrected chi connectivity index (χ3v) is 2.96. The van der Waals surface area contributed by atoms with Crippen LogP contribution in [0, 0.1) is 0 Å². The minimum atomic E-state index is -0.177. The lowest BCUT2D eigenvalue weighted by Crippen LogP contribution is -2.39. The van der Waals surface area contributed by atoms with E-state index in [-0.39, 0.29) is 12.1 Å². The highest BCUT2D eigenvalue weighted by molar-refractivity contribution is 6.30. The molecule has 1 aliphatic rings. The summed E-state index contributed by atoms with van der Waals surface area (Å²) in [5.74, 6) is 0.583. The fraction of sp³-hybridized carbons (Fsp3) is 0.400. The summed E-state index contributed by atoms with van der Waals surface area (Å²) in [4.78, 5) is 4.30. The van der Waals surface area contributed by atoms with E-state index in [0.717, 1.165) is 18.5 Å². The second-order valence-electron chi connectivity index (χ2n) is 4.05. The van der Waals surface area contributed by atoms with Gasteiger partial charge in [-0.05, 0) is 25.0 Å². The largest absolute Gasteiger partial charge is 0.393 e. The van der Waals surface area contributed by atoms with Crippen LogP contribution < -0.4 is 5.32 Å². The zero-order chi connectivity index (χ0) is 11.1. The fourth-order valence-corrected chi connectivity index (χ4v) is 1.96. The van der Waals surface area contributed by atoms with Gasteiger partial charge in [-0.2, -0.15) is 4.98 Å². The SMILES string of the molecule is OC1CC(Nc2nc3ccc(Cl)cn3n2)C1. The Bertz CT molecular complexity index is 521. The number of pyridine rings is 1. The highest BCUT2D eigenvalue weighted by Gasteiger charge is 2.27. The average molecular weight is 239 g/mol. The Kier molecular flexibility index (Phi) is 2.22. The molecule has 1 aliphatic carbocycles. The molecular weight excluding hydrogens is 228 g/mol. The van der Waals surface area contributed by atoms with Crippen molar-refractivity contribution in [3.8, 4) is 0 Å². The van der Waals surface area contributed by atoms with Crippen LogP contribution in [0.1, 0.15) is 12.8 Å². The van der Waals surface area contributed by atoms with Gasteiger partial charge in [0.05, 0.1) is 11.1 Å². The highest BCUT2D eigenvalue weighted by atomic mass is 35.5. The summed E-state index contributed by atoms with van der Waals surface area (Å²) in [6.45, 7) is 0. The molecule has 0 bridgehead atoms. The van der Waals surface area contributed by atoms with Gasteiger partial charge < -0.3 is 10.4 Å². The van der Waals surface area contributed by atoms with E-state index in [4.69, 9.17) is 16.7 Å². The number of hydrogen-bond acceptors (Lipinski definition) is 4. The van der Waals surface area contributed by atoms with Crippen molar-refractivity contribution in [3.05, 3.63) is 23.4 Å². The molecule has 2 aromatic heterocycles. The zero-order valence-corrected chi connectivity index (χ0v) is 9.22. The highest BCUT2D eigenvalue weighted by Crippen LogP contribution is 2.22. The Morgan fingerprint density at radius 1 is 1.44 bits per heavy atom. The normalized spacial score (nSPS) is 24.4. The van der Waals surface area contributed by atoms with Gasteiger partial charge in [0.2, 0.25) is 5.95 Å². The van der Waals surface area contributed by atoms with Crippen LogP contribution in [0.3, 0.4) is 0 Å². The van der Waals surface area contributed by atoms with Gasteiger partial charge in [-0.1, -0.05) is 11.6 Å². The van der Waals surface area contributed by atoms with Crippen LogP contribution in [0.15, 0.2) is 18.3 Å². The molecule has 0 radical (unpaired) electrons. The van der Waals surface area contributed by atoms with Gasteiger partial charge in [-0.25, -0.2) is 4.52 Å². The van der Waals surface area contributed by atoms with Crippen LogP contribution in [-0.4, -0.2) is 31.9 Å². The Morgan fingerprint density at radius 3 is 3.00 bits per heavy atom. The molecule has 0 amide bonds. The Hall–Kier alpha value is -1.33. The molecule has 0 spiro atoms. The van der Waals surface area contributed by atoms with Crippen molar-refractivity contribution in [1.29, 1.82) is 0 Å². The minimum absolute atomic E-state index is 0.177. The van der Waals surface area contributed by atoms with Crippen molar-refractivity contribution in [3.63, 3.8) is 0 Å². The van der Waals surface area contributed by atoms with Crippen molar-refractivity contribution in [1.82, 2.24) is 14.6 Å². The van der Waals surface area contributed by atoms with Crippen molar-refractivity contribution >= 4 is 23.2 Å². The van der Waals surface area contributed by atoms with Crippen LogP contribution in [0.4, 0.5) is 5.95 Å². The Balaban J connectivity index is 1.82. The molecule has 0 aromatic carbocycles. The van der Waals surface area contributed by atoms with Gasteiger partial charge in [-0.3, -0.25) is 0 Å². The lowest BCUT2D eigenvalue weighted by Gasteiger charge is -2.31. The molecule has 5 nitrogen and oxygen atoms in total. The van der Waals surface area contributed by atoms with Crippen molar-refractivity contribution in [2.45, 2.75) is 25.0 Å². The second-order valence-corrected chi connectivity index (χ2v) is 4.49. The first-order valence-electron chi connectivity index (χ1n) is 5.17. The van der Waals surface area contributed by atoms with Gasteiger partial charge in [0.1, 0.15) is 0 Å². The molecule has 1 fully saturated rings. The van der Waals surface area contributed by atoms with Crippen molar-refractivity contribution in [2.24, 2.45) is 0 Å². The summed E-state index contributed by atoms with van der Waals surface area (Å²) in [5.41, 5.74) is 0.756. The summed E-state index contributed by atoms with van der Waals surface area (Å²) >= 11 is 5.85. The first-order valence-corrected chi connectivity index (χ1v) is 5.55. The van der Waals surface area contributed by atoms with Crippen LogP contribution in [-0.2, 0) is 0 Å². The Labute approximate surface area is 97.1 Å². The quantitative estimate of drug-likeness (QED) is 0.828. The third-order valence-electron chi connectivity index (χ3n) is 2.74. The van der Waals surface area contributed by atoms with Gasteiger partial charge in [0.25, 0.3) is 0 Å². The number of aliphatic hydroxyl groups is 1. The monoisotopic (exact) mass is 238 g/mol. The summed E-state index contributed by atoms with van der Waals surface area (Å²) < 4.78 is 1.64. The minimum Gasteiger partial charge on any atom is -0.393 e. The number of nitrogens with one attached hydrogen (secondary N) is 1. The van der Waals surface area contributed by atoms with Gasteiger partial charge in [0, 0.05) is 12.2 Å². The lowest BCUT2D eigenvalue weighted by atomic mass is 9.90. The van der Waals surface area contributed by atoms with Crippen LogP contribution in [0.5, 0.6) is 0 Å². The van der Waals surface area contributed by atoms with Gasteiger partial charge >= 0.3 is 0 Å². The second kappa shape index (κ2) is 3.61. The standard InChI is InChI=1S/C10H11ClN4O/c11-6-1-2-9-13-10(14-15(9)5-6)12-7-3-8(16)4-7/h1-2,5,7-8,16H,3-4H2,(H,12,14). The first kappa shape index (κ1) is 9.86. The zero-order valence-electron chi connectivity index (χ0n) is 8.47. The maximum atomic E-state index is 9.17. The van der Waals surface area contributed by atoms with Crippen LogP contribution in [0.2, 0.25) is 5.02 Å². The van der Waals surface area contributed by atoms with E-state index in [9.17, 15) is 0 Å². The molecule has 16 heavy (non-hydrogen) atoms. The number of anilines is 1. The van der Waals surface area contributed by atoms with E-state index >= 15 is 0 Å². The predicted octanol–water partition coefficient (Wildman–Crippen LogP) is 1.32. The van der Waals surface area contributed by atoms with Crippen molar-refractivity contribution < 1.29 is 5.11 Å². The van der Waals surface area contributed by atoms with Gasteiger partial charge in [0.15, 0.2) is 5.65 Å². The number of fused-ring (bicyclic) bond motifs is 1. The molecule has 2 aromatic rings. The molecule has 6 heteroatoms. The molecule has 3 rings (SSSR count). The molecule has 0 aliphatic heterocycles. The molecule has 0 unspecified atom stereocenters.